The van der Waals surface area contributed by atoms with Crippen LogP contribution >= 0.6 is 11.6 Å². The molecule has 0 atom stereocenters. The molecule has 5 rings (SSSR count). The second kappa shape index (κ2) is 10.4. The number of hydrogen-bond acceptors (Lipinski definition) is 6. The molecular formula is C27H31ClN2O4. The first-order chi connectivity index (χ1) is 16.7. The minimum atomic E-state index is -0.265. The Morgan fingerprint density at radius 3 is 2.62 bits per heavy atom. The van der Waals surface area contributed by atoms with Gasteiger partial charge in [0, 0.05) is 48.4 Å². The standard InChI is InChI=1S/C27H31ClN2O4/c28-25-24(11-10-21-20-7-5-8-22(20)27(32)34-26(21)25)33-17-4-3-12-29-13-15-30(16-14-29)23-9-2-1-6-19(23)18-31/h1-2,6,9-11,31H,3-5,7-8,12-18H2. The molecular weight excluding hydrogens is 452 g/mol. The third-order valence-corrected chi connectivity index (χ3v) is 7.40. The van der Waals surface area contributed by atoms with E-state index in [1.54, 1.807) is 0 Å². The van der Waals surface area contributed by atoms with E-state index in [1.807, 2.05) is 30.3 Å². The normalized spacial score (nSPS) is 16.2. The maximum atomic E-state index is 12.3. The van der Waals surface area contributed by atoms with Crippen LogP contribution in [-0.4, -0.2) is 49.3 Å². The zero-order valence-corrected chi connectivity index (χ0v) is 20.1. The number of anilines is 1. The van der Waals surface area contributed by atoms with Gasteiger partial charge in [0.1, 0.15) is 10.8 Å². The van der Waals surface area contributed by atoms with Crippen molar-refractivity contribution in [3.05, 3.63) is 68.5 Å². The number of benzene rings is 2. The summed E-state index contributed by atoms with van der Waals surface area (Å²) in [5.41, 5.74) is 4.20. The van der Waals surface area contributed by atoms with Gasteiger partial charge in [-0.15, -0.1) is 0 Å². The maximum Gasteiger partial charge on any atom is 0.339 e. The quantitative estimate of drug-likeness (QED) is 0.379. The number of rotatable bonds is 8. The van der Waals surface area contributed by atoms with Crippen LogP contribution in [0.5, 0.6) is 5.75 Å². The highest BCUT2D eigenvalue weighted by atomic mass is 35.5. The fourth-order valence-corrected chi connectivity index (χ4v) is 5.45. The number of unbranched alkanes of at least 4 members (excludes halogenated alkanes) is 1. The van der Waals surface area contributed by atoms with E-state index < -0.39 is 0 Å². The number of ether oxygens (including phenoxy) is 1. The molecule has 1 saturated heterocycles. The summed E-state index contributed by atoms with van der Waals surface area (Å²) < 4.78 is 11.5. The van der Waals surface area contributed by atoms with Gasteiger partial charge in [0.15, 0.2) is 5.58 Å². The average Bonchev–Trinajstić information content (AvgIpc) is 3.37. The SMILES string of the molecule is O=c1oc2c(Cl)c(OCCCCN3CCN(c4ccccc4CO)CC3)ccc2c2c1CCC2. The molecule has 1 aromatic heterocycles. The number of aliphatic hydroxyl groups excluding tert-OH is 1. The first kappa shape index (κ1) is 23.2. The van der Waals surface area contributed by atoms with Crippen LogP contribution in [0.1, 0.15) is 36.0 Å². The van der Waals surface area contributed by atoms with Gasteiger partial charge >= 0.3 is 5.63 Å². The number of nitrogens with zero attached hydrogens (tertiary/aromatic N) is 2. The lowest BCUT2D eigenvalue weighted by Crippen LogP contribution is -2.47. The van der Waals surface area contributed by atoms with Crippen LogP contribution in [0, 0.1) is 0 Å². The number of para-hydroxylation sites is 1. The summed E-state index contributed by atoms with van der Waals surface area (Å²) >= 11 is 6.55. The lowest BCUT2D eigenvalue weighted by Gasteiger charge is -2.37. The van der Waals surface area contributed by atoms with E-state index >= 15 is 0 Å². The molecule has 2 heterocycles. The summed E-state index contributed by atoms with van der Waals surface area (Å²) in [4.78, 5) is 17.1. The van der Waals surface area contributed by atoms with Crippen LogP contribution in [0.15, 0.2) is 45.6 Å². The molecule has 1 aliphatic heterocycles. The number of aryl methyl sites for hydroxylation is 1. The molecule has 0 radical (unpaired) electrons. The monoisotopic (exact) mass is 482 g/mol. The fourth-order valence-electron chi connectivity index (χ4n) is 5.19. The second-order valence-electron chi connectivity index (χ2n) is 9.13. The zero-order valence-electron chi connectivity index (χ0n) is 19.4. The van der Waals surface area contributed by atoms with E-state index in [4.69, 9.17) is 20.8 Å². The molecule has 180 valence electrons. The van der Waals surface area contributed by atoms with Gasteiger partial charge in [-0.2, -0.15) is 0 Å². The number of aliphatic hydroxyl groups is 1. The van der Waals surface area contributed by atoms with E-state index in [0.717, 1.165) is 92.6 Å². The minimum Gasteiger partial charge on any atom is -0.492 e. The van der Waals surface area contributed by atoms with E-state index in [2.05, 4.69) is 15.9 Å². The summed E-state index contributed by atoms with van der Waals surface area (Å²) in [6, 6.07) is 12.0. The lowest BCUT2D eigenvalue weighted by molar-refractivity contribution is 0.238. The summed E-state index contributed by atoms with van der Waals surface area (Å²) in [5.74, 6) is 0.575. The Labute approximate surface area is 204 Å². The van der Waals surface area contributed by atoms with Gasteiger partial charge in [0.25, 0.3) is 0 Å². The molecule has 2 aromatic carbocycles. The van der Waals surface area contributed by atoms with Crippen molar-refractivity contribution in [1.82, 2.24) is 4.90 Å². The van der Waals surface area contributed by atoms with Gasteiger partial charge in [0.2, 0.25) is 0 Å². The van der Waals surface area contributed by atoms with Crippen LogP contribution in [0.3, 0.4) is 0 Å². The van der Waals surface area contributed by atoms with E-state index in [9.17, 15) is 9.90 Å². The maximum absolute atomic E-state index is 12.3. The fraction of sp³-hybridized carbons (Fsp3) is 0.444. The minimum absolute atomic E-state index is 0.0754. The van der Waals surface area contributed by atoms with Crippen molar-refractivity contribution in [2.24, 2.45) is 0 Å². The first-order valence-corrected chi connectivity index (χ1v) is 12.6. The summed E-state index contributed by atoms with van der Waals surface area (Å²) in [6.45, 7) is 5.65. The van der Waals surface area contributed by atoms with E-state index in [-0.39, 0.29) is 12.2 Å². The second-order valence-corrected chi connectivity index (χ2v) is 9.50. The van der Waals surface area contributed by atoms with Crippen LogP contribution in [0.25, 0.3) is 11.0 Å². The molecule has 34 heavy (non-hydrogen) atoms. The summed E-state index contributed by atoms with van der Waals surface area (Å²) in [5, 5.41) is 10.9. The molecule has 0 spiro atoms. The van der Waals surface area contributed by atoms with Gasteiger partial charge in [-0.25, -0.2) is 4.79 Å². The lowest BCUT2D eigenvalue weighted by atomic mass is 10.1. The molecule has 0 amide bonds. The summed E-state index contributed by atoms with van der Waals surface area (Å²) in [6.07, 6.45) is 4.64. The molecule has 0 saturated carbocycles. The number of hydrogen-bond donors (Lipinski definition) is 1. The first-order valence-electron chi connectivity index (χ1n) is 12.2. The topological polar surface area (TPSA) is 66.2 Å². The number of halogens is 1. The van der Waals surface area contributed by atoms with Crippen LogP contribution < -0.4 is 15.3 Å². The van der Waals surface area contributed by atoms with Crippen molar-refractivity contribution in [2.75, 3.05) is 44.2 Å². The Kier molecular flexibility index (Phi) is 7.09. The van der Waals surface area contributed by atoms with Crippen LogP contribution in [0.2, 0.25) is 5.02 Å². The molecule has 6 nitrogen and oxygen atoms in total. The van der Waals surface area contributed by atoms with Crippen molar-refractivity contribution >= 4 is 28.3 Å². The van der Waals surface area contributed by atoms with Gasteiger partial charge in [-0.1, -0.05) is 29.8 Å². The number of piperazine rings is 1. The number of fused-ring (bicyclic) bond motifs is 3. The highest BCUT2D eigenvalue weighted by Crippen LogP contribution is 2.36. The largest absolute Gasteiger partial charge is 0.492 e. The summed E-state index contributed by atoms with van der Waals surface area (Å²) in [7, 11) is 0. The van der Waals surface area contributed by atoms with Crippen molar-refractivity contribution in [1.29, 1.82) is 0 Å². The Bertz CT molecular complexity index is 1220. The van der Waals surface area contributed by atoms with Crippen molar-refractivity contribution in [2.45, 2.75) is 38.7 Å². The molecule has 1 fully saturated rings. The third kappa shape index (κ3) is 4.67. The Hall–Kier alpha value is -2.54. The van der Waals surface area contributed by atoms with Crippen LogP contribution in [0.4, 0.5) is 5.69 Å². The van der Waals surface area contributed by atoms with Crippen molar-refractivity contribution in [3.8, 4) is 5.75 Å². The molecule has 1 N–H and O–H groups in total. The van der Waals surface area contributed by atoms with Crippen LogP contribution in [-0.2, 0) is 19.4 Å². The zero-order chi connectivity index (χ0) is 23.5. The van der Waals surface area contributed by atoms with Gasteiger partial charge in [-0.05, 0) is 62.4 Å². The molecule has 0 bridgehead atoms. The third-order valence-electron chi connectivity index (χ3n) is 7.05. The Balaban J connectivity index is 1.09. The molecule has 3 aromatic rings. The predicted octanol–water partition coefficient (Wildman–Crippen LogP) is 4.41. The molecule has 1 aliphatic carbocycles. The smallest absolute Gasteiger partial charge is 0.339 e. The molecule has 0 unspecified atom stereocenters. The van der Waals surface area contributed by atoms with Crippen molar-refractivity contribution < 1.29 is 14.3 Å². The van der Waals surface area contributed by atoms with Crippen molar-refractivity contribution in [3.63, 3.8) is 0 Å². The predicted molar refractivity (Wildman–Crippen MR) is 135 cm³/mol. The molecule has 7 heteroatoms. The van der Waals surface area contributed by atoms with Gasteiger partial charge in [0.05, 0.1) is 13.2 Å². The average molecular weight is 483 g/mol. The molecule has 2 aliphatic rings. The van der Waals surface area contributed by atoms with E-state index in [0.29, 0.717) is 23.0 Å². The van der Waals surface area contributed by atoms with Gasteiger partial charge in [-0.3, -0.25) is 4.90 Å². The Morgan fingerprint density at radius 1 is 1.00 bits per heavy atom. The highest BCUT2D eigenvalue weighted by molar-refractivity contribution is 6.36. The van der Waals surface area contributed by atoms with Gasteiger partial charge < -0.3 is 19.2 Å². The Morgan fingerprint density at radius 2 is 1.79 bits per heavy atom. The highest BCUT2D eigenvalue weighted by Gasteiger charge is 2.22. The van der Waals surface area contributed by atoms with E-state index in [1.165, 1.54) is 0 Å².